The van der Waals surface area contributed by atoms with Gasteiger partial charge in [0.1, 0.15) is 17.5 Å². The van der Waals surface area contributed by atoms with Gasteiger partial charge >= 0.3 is 4.87 Å². The summed E-state index contributed by atoms with van der Waals surface area (Å²) in [5, 5.41) is 7.44. The summed E-state index contributed by atoms with van der Waals surface area (Å²) >= 11 is 2.07. The van der Waals surface area contributed by atoms with Crippen LogP contribution in [0.15, 0.2) is 87.5 Å². The summed E-state index contributed by atoms with van der Waals surface area (Å²) in [5.41, 5.74) is 2.44. The molecule has 1 saturated heterocycles. The number of rotatable bonds is 8. The first kappa shape index (κ1) is 31.5. The van der Waals surface area contributed by atoms with E-state index < -0.39 is 43.8 Å². The van der Waals surface area contributed by atoms with Crippen LogP contribution in [0.5, 0.6) is 5.75 Å². The van der Waals surface area contributed by atoms with Gasteiger partial charge in [0, 0.05) is 36.3 Å². The number of hydrogen-bond donors (Lipinski definition) is 2. The van der Waals surface area contributed by atoms with Crippen LogP contribution in [0.25, 0.3) is 0 Å². The summed E-state index contributed by atoms with van der Waals surface area (Å²) in [4.78, 5) is 57.8. The zero-order valence-corrected chi connectivity index (χ0v) is 27.3. The lowest BCUT2D eigenvalue weighted by Crippen LogP contribution is -2.33. The quantitative estimate of drug-likeness (QED) is 0.267. The van der Waals surface area contributed by atoms with Crippen molar-refractivity contribution < 1.29 is 27.5 Å². The van der Waals surface area contributed by atoms with Crippen LogP contribution in [0, 0.1) is 5.92 Å². The maximum atomic E-state index is 14.1. The number of benzene rings is 3. The Bertz CT molecular complexity index is 2000. The Morgan fingerprint density at radius 3 is 2.20 bits per heavy atom. The first-order chi connectivity index (χ1) is 21.9. The fourth-order valence-corrected chi connectivity index (χ4v) is 8.94. The molecule has 3 amide bonds. The van der Waals surface area contributed by atoms with Crippen LogP contribution < -0.4 is 29.9 Å². The first-order valence-corrected chi connectivity index (χ1v) is 17.2. The average molecular weight is 680 g/mol. The molecule has 0 saturated carbocycles. The molecule has 2 aliphatic heterocycles. The fourth-order valence-electron chi connectivity index (χ4n) is 5.65. The van der Waals surface area contributed by atoms with Gasteiger partial charge in [-0.25, -0.2) is 18.5 Å². The van der Waals surface area contributed by atoms with Gasteiger partial charge in [0.25, 0.3) is 0 Å². The van der Waals surface area contributed by atoms with Gasteiger partial charge in [-0.2, -0.15) is 0 Å². The van der Waals surface area contributed by atoms with Crippen LogP contribution >= 0.6 is 23.1 Å². The highest BCUT2D eigenvalue weighted by Gasteiger charge is 2.56. The van der Waals surface area contributed by atoms with Crippen molar-refractivity contribution >= 4 is 67.9 Å². The molecule has 12 nitrogen and oxygen atoms in total. The topological polar surface area (TPSA) is 161 Å². The number of carbonyl (C=O) groups excluding carboxylic acids is 3. The van der Waals surface area contributed by atoms with Gasteiger partial charge in [-0.3, -0.25) is 23.7 Å². The highest BCUT2D eigenvalue weighted by atomic mass is 32.2. The molecule has 3 N–H and O–H groups in total. The van der Waals surface area contributed by atoms with Crippen molar-refractivity contribution in [2.75, 3.05) is 36.3 Å². The molecule has 0 radical (unpaired) electrons. The maximum Gasteiger partial charge on any atom is 0.308 e. The van der Waals surface area contributed by atoms with E-state index >= 15 is 0 Å². The second kappa shape index (κ2) is 12.1. The third kappa shape index (κ3) is 5.70. The number of carbonyl (C=O) groups is 3. The number of methoxy groups -OCH3 is 1. The fraction of sp³-hybridized carbons (Fsp3) is 0.226. The van der Waals surface area contributed by atoms with Crippen molar-refractivity contribution in [3.05, 3.63) is 92.9 Å². The third-order valence-electron chi connectivity index (χ3n) is 7.92. The van der Waals surface area contributed by atoms with Crippen LogP contribution in [0.3, 0.4) is 0 Å². The number of nitrogens with two attached hydrogens (primary N) is 1. The van der Waals surface area contributed by atoms with E-state index in [0.717, 1.165) is 34.3 Å². The minimum Gasteiger partial charge on any atom is -0.497 e. The van der Waals surface area contributed by atoms with Gasteiger partial charge in [0.05, 0.1) is 28.6 Å². The molecular weight excluding hydrogens is 651 g/mol. The minimum atomic E-state index is -3.90. The smallest absolute Gasteiger partial charge is 0.308 e. The van der Waals surface area contributed by atoms with E-state index in [9.17, 15) is 27.6 Å². The Kier molecular flexibility index (Phi) is 8.27. The van der Waals surface area contributed by atoms with Crippen LogP contribution in [-0.2, 0) is 31.0 Å². The van der Waals surface area contributed by atoms with Crippen LogP contribution in [0.2, 0.25) is 0 Å². The Labute approximate surface area is 272 Å². The van der Waals surface area contributed by atoms with Gasteiger partial charge in [0.2, 0.25) is 27.7 Å². The number of sulfonamides is 1. The van der Waals surface area contributed by atoms with E-state index in [1.165, 1.54) is 40.8 Å². The molecule has 1 aromatic heterocycles. The summed E-state index contributed by atoms with van der Waals surface area (Å²) in [5.74, 6) is -2.11. The highest BCUT2D eigenvalue weighted by molar-refractivity contribution is 8.00. The summed E-state index contributed by atoms with van der Waals surface area (Å²) in [6, 6.07) is 19.6. The number of thioether (sulfide) groups is 1. The summed E-state index contributed by atoms with van der Waals surface area (Å²) < 4.78 is 29.7. The molecular formula is C31H29N5O7S3. The number of aromatic nitrogens is 1. The minimum absolute atomic E-state index is 0.108. The summed E-state index contributed by atoms with van der Waals surface area (Å²) in [6.07, 6.45) is 0. The van der Waals surface area contributed by atoms with Crippen molar-refractivity contribution in [2.24, 2.45) is 11.1 Å². The van der Waals surface area contributed by atoms with Crippen molar-refractivity contribution in [3.63, 3.8) is 0 Å². The number of thiazole rings is 1. The van der Waals surface area contributed by atoms with Gasteiger partial charge in [-0.05, 0) is 66.2 Å². The molecule has 15 heteroatoms. The van der Waals surface area contributed by atoms with E-state index in [1.54, 1.807) is 24.3 Å². The van der Waals surface area contributed by atoms with Crippen molar-refractivity contribution in [3.8, 4) is 5.75 Å². The molecule has 3 aromatic carbocycles. The molecule has 6 rings (SSSR count). The molecule has 2 aliphatic rings. The number of hydrogen-bond acceptors (Lipinski definition) is 10. The van der Waals surface area contributed by atoms with Crippen LogP contribution in [-0.4, -0.2) is 57.2 Å². The Morgan fingerprint density at radius 1 is 0.957 bits per heavy atom. The number of amides is 3. The summed E-state index contributed by atoms with van der Waals surface area (Å²) in [6.45, 7) is -0.359. The largest absolute Gasteiger partial charge is 0.497 e. The lowest BCUT2D eigenvalue weighted by Gasteiger charge is -2.31. The number of nitrogens with zero attached hydrogens (tertiary/aromatic N) is 3. The molecule has 46 heavy (non-hydrogen) atoms. The molecule has 0 spiro atoms. The molecule has 4 aromatic rings. The molecule has 3 heterocycles. The number of fused-ring (bicyclic) bond motifs is 2. The van der Waals surface area contributed by atoms with E-state index in [-0.39, 0.29) is 17.3 Å². The SMILES string of the molecule is COc1ccc(N2C(=O)C3Sc4c(sc(=O)n4CC(=O)Nc4ccc(S(N)(=O)=O)cc4)[C@H](c4ccc(N(C)C)cc4)C3C2=O)cc1. The number of imide groups is 1. The van der Waals surface area contributed by atoms with Crippen molar-refractivity contribution in [1.82, 2.24) is 4.57 Å². The zero-order valence-electron chi connectivity index (χ0n) is 24.9. The van der Waals surface area contributed by atoms with Crippen LogP contribution in [0.4, 0.5) is 17.1 Å². The number of primary sulfonamides is 1. The van der Waals surface area contributed by atoms with E-state index in [2.05, 4.69) is 5.32 Å². The maximum absolute atomic E-state index is 14.1. The number of ether oxygens (including phenoxy) is 1. The van der Waals surface area contributed by atoms with E-state index in [4.69, 9.17) is 9.88 Å². The zero-order chi connectivity index (χ0) is 32.9. The molecule has 2 unspecified atom stereocenters. The van der Waals surface area contributed by atoms with Crippen LogP contribution in [0.1, 0.15) is 16.4 Å². The van der Waals surface area contributed by atoms with Gasteiger partial charge in [-0.15, -0.1) is 0 Å². The van der Waals surface area contributed by atoms with E-state index in [0.29, 0.717) is 27.0 Å². The van der Waals surface area contributed by atoms with Gasteiger partial charge < -0.3 is 15.0 Å². The monoisotopic (exact) mass is 679 g/mol. The normalized spacial score (nSPS) is 19.0. The van der Waals surface area contributed by atoms with Crippen molar-refractivity contribution in [2.45, 2.75) is 27.6 Å². The predicted octanol–water partition coefficient (Wildman–Crippen LogP) is 3.07. The Balaban J connectivity index is 1.37. The lowest BCUT2D eigenvalue weighted by molar-refractivity contribution is -0.122. The van der Waals surface area contributed by atoms with E-state index in [1.807, 2.05) is 43.3 Å². The second-order valence-electron chi connectivity index (χ2n) is 11.0. The number of anilines is 3. The molecule has 238 valence electrons. The summed E-state index contributed by atoms with van der Waals surface area (Å²) in [7, 11) is 1.45. The molecule has 3 atom stereocenters. The predicted molar refractivity (Wildman–Crippen MR) is 176 cm³/mol. The van der Waals surface area contributed by atoms with Gasteiger partial charge in [0.15, 0.2) is 0 Å². The molecule has 0 aliphatic carbocycles. The Hall–Kier alpha value is -4.44. The second-order valence-corrected chi connectivity index (χ2v) is 14.7. The Morgan fingerprint density at radius 2 is 1.61 bits per heavy atom. The molecule has 0 bridgehead atoms. The third-order valence-corrected chi connectivity index (χ3v) is 11.4. The average Bonchev–Trinajstić information content (AvgIpc) is 3.47. The number of nitrogens with one attached hydrogen (secondary N) is 1. The standard InChI is InChI=1S/C31H29N5O7S3/c1-34(2)19-8-4-17(5-9-19)24-25-26(29(39)36(28(25)38)20-10-12-21(43-3)13-11-20)44-30-27(24)45-31(40)35(30)16-23(37)33-18-6-14-22(15-7-18)46(32,41)42/h4-15,24-26H,16H2,1-3H3,(H,33,37)(H2,32,41,42)/t24-,25?,26?/m1/s1. The van der Waals surface area contributed by atoms with Crippen molar-refractivity contribution in [1.29, 1.82) is 0 Å². The van der Waals surface area contributed by atoms with Gasteiger partial charge in [-0.1, -0.05) is 35.2 Å². The first-order valence-electron chi connectivity index (χ1n) is 14.0. The lowest BCUT2D eigenvalue weighted by atomic mass is 9.83. The highest BCUT2D eigenvalue weighted by Crippen LogP contribution is 2.54. The molecule has 1 fully saturated rings.